The van der Waals surface area contributed by atoms with Crippen LogP contribution in [0.5, 0.6) is 0 Å². The second-order valence-corrected chi connectivity index (χ2v) is 4.96. The van der Waals surface area contributed by atoms with E-state index in [4.69, 9.17) is 4.74 Å². The van der Waals surface area contributed by atoms with Crippen LogP contribution in [0.25, 0.3) is 0 Å². The monoisotopic (exact) mass is 248 g/mol. The van der Waals surface area contributed by atoms with Gasteiger partial charge in [0, 0.05) is 5.56 Å². The molecule has 0 saturated carbocycles. The zero-order chi connectivity index (χ0) is 13.5. The van der Waals surface area contributed by atoms with Gasteiger partial charge in [0.15, 0.2) is 11.2 Å². The summed E-state index contributed by atoms with van der Waals surface area (Å²) < 4.78 is 4.93. The lowest BCUT2D eigenvalue weighted by molar-refractivity contribution is -0.169. The van der Waals surface area contributed by atoms with Gasteiger partial charge in [0.05, 0.1) is 13.2 Å². The first-order valence-corrected chi connectivity index (χ1v) is 5.82. The molecule has 18 heavy (non-hydrogen) atoms. The van der Waals surface area contributed by atoms with Crippen LogP contribution in [-0.2, 0) is 9.53 Å². The van der Waals surface area contributed by atoms with Gasteiger partial charge in [0.1, 0.15) is 0 Å². The number of hydrogen-bond donors (Lipinski definition) is 1. The van der Waals surface area contributed by atoms with Crippen LogP contribution in [0.3, 0.4) is 0 Å². The second kappa shape index (κ2) is 4.21. The predicted molar refractivity (Wildman–Crippen MR) is 65.9 cm³/mol. The molecule has 0 unspecified atom stereocenters. The van der Waals surface area contributed by atoms with Crippen molar-refractivity contribution in [3.63, 3.8) is 0 Å². The van der Waals surface area contributed by atoms with Gasteiger partial charge >= 0.3 is 5.97 Å². The number of ether oxygens (including phenoxy) is 1. The number of aliphatic carboxylic acids is 1. The minimum absolute atomic E-state index is 0.0342. The number of ketones is 1. The number of Topliss-reactive ketones (excluding diaryl/α,β-unsaturated/α-hetero) is 1. The van der Waals surface area contributed by atoms with Gasteiger partial charge in [-0.15, -0.1) is 0 Å². The molecule has 0 bridgehead atoms. The van der Waals surface area contributed by atoms with E-state index in [1.807, 2.05) is 26.8 Å². The summed E-state index contributed by atoms with van der Waals surface area (Å²) in [5.41, 5.74) is 2.01. The van der Waals surface area contributed by atoms with E-state index in [0.717, 1.165) is 16.7 Å². The van der Waals surface area contributed by atoms with Crippen molar-refractivity contribution in [2.24, 2.45) is 5.41 Å². The third kappa shape index (κ3) is 1.73. The van der Waals surface area contributed by atoms with Crippen LogP contribution < -0.4 is 0 Å². The molecule has 1 aromatic carbocycles. The number of carboxylic acids is 1. The summed E-state index contributed by atoms with van der Waals surface area (Å²) in [5.74, 6) is -1.45. The number of hydrogen-bond acceptors (Lipinski definition) is 3. The lowest BCUT2D eigenvalue weighted by atomic mass is 9.77. The Balaban J connectivity index is 2.46. The molecule has 1 N–H and O–H groups in total. The lowest BCUT2D eigenvalue weighted by Gasteiger charge is -2.36. The first-order valence-electron chi connectivity index (χ1n) is 5.82. The van der Waals surface area contributed by atoms with E-state index in [9.17, 15) is 14.7 Å². The zero-order valence-corrected chi connectivity index (χ0v) is 10.7. The Morgan fingerprint density at radius 3 is 2.11 bits per heavy atom. The molecule has 96 valence electrons. The van der Waals surface area contributed by atoms with Crippen molar-refractivity contribution in [1.29, 1.82) is 0 Å². The average Bonchev–Trinajstić information content (AvgIpc) is 2.20. The van der Waals surface area contributed by atoms with Gasteiger partial charge in [-0.3, -0.25) is 9.59 Å². The fraction of sp³-hybridized carbons (Fsp3) is 0.429. The molecule has 4 nitrogen and oxygen atoms in total. The van der Waals surface area contributed by atoms with Gasteiger partial charge in [0.2, 0.25) is 0 Å². The third-order valence-electron chi connectivity index (χ3n) is 3.63. The van der Waals surface area contributed by atoms with E-state index >= 15 is 0 Å². The Hall–Kier alpha value is -1.68. The number of carboxylic acid groups (broad SMARTS) is 1. The Morgan fingerprint density at radius 2 is 1.67 bits per heavy atom. The van der Waals surface area contributed by atoms with Crippen molar-refractivity contribution in [3.05, 3.63) is 34.4 Å². The summed E-state index contributed by atoms with van der Waals surface area (Å²) in [4.78, 5) is 23.7. The summed E-state index contributed by atoms with van der Waals surface area (Å²) in [6.07, 6.45) is 0. The van der Waals surface area contributed by atoms with Gasteiger partial charge < -0.3 is 9.84 Å². The molecular formula is C14H16O4. The molecule has 1 aliphatic heterocycles. The van der Waals surface area contributed by atoms with Crippen molar-refractivity contribution in [3.8, 4) is 0 Å². The molecule has 0 atom stereocenters. The van der Waals surface area contributed by atoms with E-state index < -0.39 is 11.4 Å². The van der Waals surface area contributed by atoms with Crippen LogP contribution in [0.15, 0.2) is 12.1 Å². The van der Waals surface area contributed by atoms with Crippen molar-refractivity contribution >= 4 is 11.8 Å². The summed E-state index contributed by atoms with van der Waals surface area (Å²) >= 11 is 0. The largest absolute Gasteiger partial charge is 0.480 e. The molecule has 1 fully saturated rings. The topological polar surface area (TPSA) is 63.6 Å². The lowest BCUT2D eigenvalue weighted by Crippen LogP contribution is -2.55. The van der Waals surface area contributed by atoms with E-state index in [0.29, 0.717) is 5.56 Å². The molecule has 1 aliphatic rings. The number of aryl methyl sites for hydroxylation is 3. The summed E-state index contributed by atoms with van der Waals surface area (Å²) in [5, 5.41) is 9.23. The van der Waals surface area contributed by atoms with Crippen LogP contribution in [0.2, 0.25) is 0 Å². The Kier molecular flexibility index (Phi) is 2.99. The quantitative estimate of drug-likeness (QED) is 0.655. The van der Waals surface area contributed by atoms with Gasteiger partial charge in [-0.1, -0.05) is 6.07 Å². The van der Waals surface area contributed by atoms with Crippen molar-refractivity contribution in [2.75, 3.05) is 13.2 Å². The summed E-state index contributed by atoms with van der Waals surface area (Å²) in [7, 11) is 0. The molecule has 4 heteroatoms. The molecule has 0 spiro atoms. The second-order valence-electron chi connectivity index (χ2n) is 4.96. The molecule has 0 aliphatic carbocycles. The Labute approximate surface area is 106 Å². The predicted octanol–water partition coefficient (Wildman–Crippen LogP) is 1.90. The SMILES string of the molecule is Cc1cc(C)c(C(=O)C2(C(=O)O)COC2)cc1C. The van der Waals surface area contributed by atoms with Crippen LogP contribution in [0.1, 0.15) is 27.0 Å². The average molecular weight is 248 g/mol. The molecular weight excluding hydrogens is 232 g/mol. The fourth-order valence-corrected chi connectivity index (χ4v) is 2.12. The highest BCUT2D eigenvalue weighted by molar-refractivity contribution is 6.13. The van der Waals surface area contributed by atoms with Crippen LogP contribution in [0, 0.1) is 26.2 Å². The highest BCUT2D eigenvalue weighted by atomic mass is 16.5. The van der Waals surface area contributed by atoms with Crippen LogP contribution in [-0.4, -0.2) is 30.1 Å². The van der Waals surface area contributed by atoms with E-state index in [1.54, 1.807) is 6.07 Å². The molecule has 1 saturated heterocycles. The minimum atomic E-state index is -1.38. The molecule has 0 radical (unpaired) electrons. The normalized spacial score (nSPS) is 17.1. The zero-order valence-electron chi connectivity index (χ0n) is 10.7. The van der Waals surface area contributed by atoms with Crippen molar-refractivity contribution < 1.29 is 19.4 Å². The van der Waals surface area contributed by atoms with Gasteiger partial charge in [-0.2, -0.15) is 0 Å². The third-order valence-corrected chi connectivity index (χ3v) is 3.63. The smallest absolute Gasteiger partial charge is 0.322 e. The van der Waals surface area contributed by atoms with E-state index in [2.05, 4.69) is 0 Å². The highest BCUT2D eigenvalue weighted by Crippen LogP contribution is 2.33. The molecule has 1 heterocycles. The van der Waals surface area contributed by atoms with Crippen molar-refractivity contribution in [1.82, 2.24) is 0 Å². The van der Waals surface area contributed by atoms with Crippen LogP contribution in [0.4, 0.5) is 0 Å². The maximum absolute atomic E-state index is 12.4. The number of benzene rings is 1. The van der Waals surface area contributed by atoms with Gasteiger partial charge in [0.25, 0.3) is 0 Å². The first-order chi connectivity index (χ1) is 8.38. The molecule has 0 amide bonds. The highest BCUT2D eigenvalue weighted by Gasteiger charge is 2.53. The van der Waals surface area contributed by atoms with E-state index in [-0.39, 0.29) is 19.0 Å². The van der Waals surface area contributed by atoms with Gasteiger partial charge in [-0.05, 0) is 43.5 Å². The first kappa shape index (κ1) is 12.8. The summed E-state index contributed by atoms with van der Waals surface area (Å²) in [6.45, 7) is 5.64. The Bertz CT molecular complexity index is 527. The Morgan fingerprint density at radius 1 is 1.11 bits per heavy atom. The molecule has 0 aromatic heterocycles. The van der Waals surface area contributed by atoms with Gasteiger partial charge in [-0.25, -0.2) is 0 Å². The van der Waals surface area contributed by atoms with Crippen LogP contribution >= 0.6 is 0 Å². The standard InChI is InChI=1S/C14H16O4/c1-8-4-10(3)11(5-9(8)2)12(15)14(13(16)17)6-18-7-14/h4-5H,6-7H2,1-3H3,(H,16,17). The summed E-state index contributed by atoms with van der Waals surface area (Å²) in [6, 6.07) is 3.69. The minimum Gasteiger partial charge on any atom is -0.480 e. The molecule has 2 rings (SSSR count). The maximum atomic E-state index is 12.4. The fourth-order valence-electron chi connectivity index (χ4n) is 2.12. The number of rotatable bonds is 3. The number of carbonyl (C=O) groups is 2. The number of carbonyl (C=O) groups excluding carboxylic acids is 1. The maximum Gasteiger partial charge on any atom is 0.322 e. The van der Waals surface area contributed by atoms with Crippen molar-refractivity contribution in [2.45, 2.75) is 20.8 Å². The molecule has 1 aromatic rings. The van der Waals surface area contributed by atoms with E-state index in [1.165, 1.54) is 0 Å².